The van der Waals surface area contributed by atoms with E-state index in [1.54, 1.807) is 0 Å². The molecule has 1 nitrogen and oxygen atoms in total. The van der Waals surface area contributed by atoms with Gasteiger partial charge in [0.1, 0.15) is 0 Å². The maximum Gasteiger partial charge on any atom is 0.0618 e. The van der Waals surface area contributed by atoms with Gasteiger partial charge in [-0.15, -0.1) is 0 Å². The van der Waals surface area contributed by atoms with Gasteiger partial charge in [-0.25, -0.2) is 0 Å². The summed E-state index contributed by atoms with van der Waals surface area (Å²) >= 11 is 0. The zero-order valence-corrected chi connectivity index (χ0v) is 25.8. The molecule has 0 aliphatic rings. The zero-order valence-electron chi connectivity index (χ0n) is 25.8. The minimum Gasteiger partial charge on any atom is -0.309 e. The molecule has 0 unspecified atom stereocenters. The number of anilines is 3. The van der Waals surface area contributed by atoms with Crippen LogP contribution in [0.1, 0.15) is 0 Å². The van der Waals surface area contributed by atoms with Crippen LogP contribution in [0.25, 0.3) is 65.3 Å². The van der Waals surface area contributed by atoms with Crippen molar-refractivity contribution in [3.05, 3.63) is 188 Å². The molecule has 220 valence electrons. The molecule has 0 spiro atoms. The van der Waals surface area contributed by atoms with E-state index >= 15 is 0 Å². The highest BCUT2D eigenvalue weighted by Gasteiger charge is 2.24. The number of hydrogen-bond acceptors (Lipinski definition) is 1. The van der Waals surface area contributed by atoms with Crippen molar-refractivity contribution in [2.45, 2.75) is 0 Å². The van der Waals surface area contributed by atoms with Gasteiger partial charge >= 0.3 is 0 Å². The van der Waals surface area contributed by atoms with E-state index in [9.17, 15) is 0 Å². The third-order valence-electron chi connectivity index (χ3n) is 9.41. The summed E-state index contributed by atoms with van der Waals surface area (Å²) in [5.41, 5.74) is 8.31. The van der Waals surface area contributed by atoms with E-state index in [1.165, 1.54) is 71.0 Å². The highest BCUT2D eigenvalue weighted by Crippen LogP contribution is 2.49. The summed E-state index contributed by atoms with van der Waals surface area (Å²) in [5.74, 6) is 0. The summed E-state index contributed by atoms with van der Waals surface area (Å²) < 4.78 is 0. The highest BCUT2D eigenvalue weighted by molar-refractivity contribution is 6.17. The predicted octanol–water partition coefficient (Wildman–Crippen LogP) is 13.1. The smallest absolute Gasteiger partial charge is 0.0618 e. The van der Waals surface area contributed by atoms with Crippen molar-refractivity contribution < 1.29 is 0 Å². The van der Waals surface area contributed by atoms with Crippen LogP contribution in [-0.4, -0.2) is 0 Å². The van der Waals surface area contributed by atoms with Crippen LogP contribution >= 0.6 is 0 Å². The second-order valence-corrected chi connectivity index (χ2v) is 12.1. The van der Waals surface area contributed by atoms with E-state index in [1.807, 2.05) is 0 Å². The van der Waals surface area contributed by atoms with Gasteiger partial charge in [0.25, 0.3) is 0 Å². The van der Waals surface area contributed by atoms with Crippen LogP contribution in [0.4, 0.5) is 17.1 Å². The fourth-order valence-corrected chi connectivity index (χ4v) is 7.23. The Hall–Kier alpha value is -6.18. The summed E-state index contributed by atoms with van der Waals surface area (Å²) in [6, 6.07) is 68.4. The van der Waals surface area contributed by atoms with Gasteiger partial charge in [0.2, 0.25) is 0 Å². The van der Waals surface area contributed by atoms with Gasteiger partial charge in [0.05, 0.1) is 11.4 Å². The van der Waals surface area contributed by atoms with Gasteiger partial charge in [-0.1, -0.05) is 164 Å². The molecule has 1 heteroatoms. The monoisotopic (exact) mass is 597 g/mol. The lowest BCUT2D eigenvalue weighted by Crippen LogP contribution is -2.13. The molecular weight excluding hydrogens is 567 g/mol. The fourth-order valence-electron chi connectivity index (χ4n) is 7.23. The Bertz CT molecular complexity index is 2500. The van der Waals surface area contributed by atoms with Crippen LogP contribution in [-0.2, 0) is 0 Å². The van der Waals surface area contributed by atoms with Crippen LogP contribution in [0.3, 0.4) is 0 Å². The van der Waals surface area contributed by atoms with Crippen molar-refractivity contribution in [1.29, 1.82) is 0 Å². The molecule has 0 atom stereocenters. The average molecular weight is 598 g/mol. The third kappa shape index (κ3) is 4.64. The second kappa shape index (κ2) is 11.3. The average Bonchev–Trinajstić information content (AvgIpc) is 3.15. The minimum atomic E-state index is 1.11. The van der Waals surface area contributed by atoms with Gasteiger partial charge in [0, 0.05) is 22.0 Å². The number of rotatable bonds is 5. The molecule has 0 aliphatic carbocycles. The summed E-state index contributed by atoms with van der Waals surface area (Å²) in [6.45, 7) is 0. The minimum absolute atomic E-state index is 1.11. The lowest BCUT2D eigenvalue weighted by Gasteiger charge is -2.31. The Balaban J connectivity index is 1.41. The standard InChI is InChI=1S/C46H31N/c1-2-13-32(14-3-1)33-25-28-38(29-26-33)47(46-41-22-10-6-17-36(41)31-37-18-7-11-23-42(37)46)44-30-27-35-16-5-9-21-40(35)45(44)43-24-12-19-34-15-4-8-20-39(34)43/h1-31H. The molecule has 0 N–H and O–H groups in total. The first-order chi connectivity index (χ1) is 23.3. The van der Waals surface area contributed by atoms with Crippen LogP contribution < -0.4 is 4.90 Å². The third-order valence-corrected chi connectivity index (χ3v) is 9.41. The molecule has 9 aromatic rings. The van der Waals surface area contributed by atoms with Gasteiger partial charge < -0.3 is 4.90 Å². The normalized spacial score (nSPS) is 11.4. The summed E-state index contributed by atoms with van der Waals surface area (Å²) in [5, 5.41) is 9.82. The lowest BCUT2D eigenvalue weighted by atomic mass is 9.91. The molecule has 0 saturated carbocycles. The molecule has 0 saturated heterocycles. The van der Waals surface area contributed by atoms with Gasteiger partial charge in [-0.05, 0) is 73.3 Å². The first kappa shape index (κ1) is 27.2. The Morgan fingerprint density at radius 1 is 0.319 bits per heavy atom. The van der Waals surface area contributed by atoms with Crippen molar-refractivity contribution >= 4 is 60.2 Å². The van der Waals surface area contributed by atoms with Crippen LogP contribution in [0.5, 0.6) is 0 Å². The molecule has 9 rings (SSSR count). The molecular formula is C46H31N. The fraction of sp³-hybridized carbons (Fsp3) is 0. The predicted molar refractivity (Wildman–Crippen MR) is 202 cm³/mol. The number of nitrogens with zero attached hydrogens (tertiary/aromatic N) is 1. The summed E-state index contributed by atoms with van der Waals surface area (Å²) in [6.07, 6.45) is 0. The second-order valence-electron chi connectivity index (χ2n) is 12.1. The van der Waals surface area contributed by atoms with E-state index in [0.29, 0.717) is 0 Å². The van der Waals surface area contributed by atoms with E-state index in [-0.39, 0.29) is 0 Å². The molecule has 0 radical (unpaired) electrons. The summed E-state index contributed by atoms with van der Waals surface area (Å²) in [7, 11) is 0. The van der Waals surface area contributed by atoms with E-state index in [4.69, 9.17) is 0 Å². The highest BCUT2D eigenvalue weighted by atomic mass is 15.1. The lowest BCUT2D eigenvalue weighted by molar-refractivity contribution is 1.32. The first-order valence-corrected chi connectivity index (χ1v) is 16.2. The van der Waals surface area contributed by atoms with Crippen LogP contribution in [0.2, 0.25) is 0 Å². The van der Waals surface area contributed by atoms with Crippen LogP contribution in [0.15, 0.2) is 188 Å². The Morgan fingerprint density at radius 3 is 1.51 bits per heavy atom. The molecule has 0 heterocycles. The maximum atomic E-state index is 2.50. The Kier molecular flexibility index (Phi) is 6.54. The quantitative estimate of drug-likeness (QED) is 0.178. The summed E-state index contributed by atoms with van der Waals surface area (Å²) in [4.78, 5) is 2.50. The Labute approximate surface area is 274 Å². The van der Waals surface area contributed by atoms with E-state index in [0.717, 1.165) is 11.4 Å². The zero-order chi connectivity index (χ0) is 31.2. The molecule has 0 aliphatic heterocycles. The van der Waals surface area contributed by atoms with Crippen molar-refractivity contribution in [2.24, 2.45) is 0 Å². The van der Waals surface area contributed by atoms with Crippen molar-refractivity contribution in [2.75, 3.05) is 4.90 Å². The maximum absolute atomic E-state index is 2.50. The first-order valence-electron chi connectivity index (χ1n) is 16.2. The number of fused-ring (bicyclic) bond motifs is 4. The van der Waals surface area contributed by atoms with Gasteiger partial charge in [0.15, 0.2) is 0 Å². The Morgan fingerprint density at radius 2 is 0.830 bits per heavy atom. The molecule has 47 heavy (non-hydrogen) atoms. The van der Waals surface area contributed by atoms with Crippen molar-refractivity contribution in [3.8, 4) is 22.3 Å². The largest absolute Gasteiger partial charge is 0.309 e. The number of benzene rings is 9. The van der Waals surface area contributed by atoms with Crippen molar-refractivity contribution in [1.82, 2.24) is 0 Å². The van der Waals surface area contributed by atoms with Gasteiger partial charge in [-0.2, -0.15) is 0 Å². The topological polar surface area (TPSA) is 3.24 Å². The molecule has 9 aromatic carbocycles. The molecule has 0 fully saturated rings. The van der Waals surface area contributed by atoms with E-state index < -0.39 is 0 Å². The molecule has 0 amide bonds. The van der Waals surface area contributed by atoms with E-state index in [2.05, 4.69) is 193 Å². The van der Waals surface area contributed by atoms with Gasteiger partial charge in [-0.3, -0.25) is 0 Å². The molecule has 0 bridgehead atoms. The van der Waals surface area contributed by atoms with Crippen LogP contribution in [0, 0.1) is 0 Å². The SMILES string of the molecule is c1ccc(-c2ccc(N(c3ccc4ccccc4c3-c3cccc4ccccc34)c3c4ccccc4cc4ccccc34)cc2)cc1. The number of hydrogen-bond donors (Lipinski definition) is 0. The molecule has 0 aromatic heterocycles. The van der Waals surface area contributed by atoms with Crippen molar-refractivity contribution in [3.63, 3.8) is 0 Å².